The number of amides is 1. The van der Waals surface area contributed by atoms with Crippen LogP contribution in [0.1, 0.15) is 36.9 Å². The maximum atomic E-state index is 12.5. The van der Waals surface area contributed by atoms with Crippen molar-refractivity contribution >= 4 is 21.6 Å². The van der Waals surface area contributed by atoms with Crippen molar-refractivity contribution in [3.05, 3.63) is 29.9 Å². The van der Waals surface area contributed by atoms with Gasteiger partial charge in [-0.1, -0.05) is 11.6 Å². The van der Waals surface area contributed by atoms with E-state index in [1.807, 2.05) is 0 Å². The van der Waals surface area contributed by atoms with E-state index in [1.165, 1.54) is 30.2 Å². The number of methoxy groups -OCH3 is 1. The molecule has 1 saturated carbocycles. The molecule has 10 nitrogen and oxygen atoms in total. The number of anilines is 1. The van der Waals surface area contributed by atoms with Gasteiger partial charge in [0.05, 0.1) is 23.7 Å². The van der Waals surface area contributed by atoms with Gasteiger partial charge in [-0.2, -0.15) is 4.98 Å². The number of nitrogens with zero attached hydrogens (tertiary/aromatic N) is 3. The molecule has 4 rings (SSSR count). The Labute approximate surface area is 168 Å². The Morgan fingerprint density at radius 3 is 2.90 bits per heavy atom. The van der Waals surface area contributed by atoms with Crippen molar-refractivity contribution in [1.82, 2.24) is 14.9 Å². The molecule has 0 radical (unpaired) electrons. The Morgan fingerprint density at radius 1 is 1.34 bits per heavy atom. The molecule has 0 saturated heterocycles. The van der Waals surface area contributed by atoms with Gasteiger partial charge in [-0.05, 0) is 31.0 Å². The van der Waals surface area contributed by atoms with E-state index in [2.05, 4.69) is 14.9 Å². The number of benzene rings is 1. The first-order valence-electron chi connectivity index (χ1n) is 9.36. The highest BCUT2D eigenvalue weighted by Crippen LogP contribution is 2.37. The third-order valence-corrected chi connectivity index (χ3v) is 6.48. The first-order chi connectivity index (χ1) is 14.0. The van der Waals surface area contributed by atoms with Crippen LogP contribution in [0, 0.1) is 0 Å². The summed E-state index contributed by atoms with van der Waals surface area (Å²) in [6.07, 6.45) is 3.20. The van der Waals surface area contributed by atoms with Gasteiger partial charge >= 0.3 is 0 Å². The van der Waals surface area contributed by atoms with Gasteiger partial charge in [0, 0.05) is 19.6 Å². The molecule has 1 aromatic carbocycles. The molecule has 1 fully saturated rings. The summed E-state index contributed by atoms with van der Waals surface area (Å²) < 4.78 is 43.1. The van der Waals surface area contributed by atoms with Crippen molar-refractivity contribution in [2.75, 3.05) is 31.8 Å². The van der Waals surface area contributed by atoms with Crippen molar-refractivity contribution in [1.29, 1.82) is 0 Å². The standard InChI is InChI=1S/C18H22N4O6S/c1-26-8-7-19-29(24,25)13-5-6-15-14(9-13)22(17(23)11-27-15)10-16-20-18(28-21-16)12-3-2-4-12/h5-6,9,12,19H,2-4,7-8,10-11H2,1H3. The first kappa shape index (κ1) is 19.8. The molecule has 0 spiro atoms. The molecule has 2 aliphatic rings. The van der Waals surface area contributed by atoms with E-state index in [9.17, 15) is 13.2 Å². The number of fused-ring (bicyclic) bond motifs is 1. The minimum Gasteiger partial charge on any atom is -0.482 e. The first-order valence-corrected chi connectivity index (χ1v) is 10.8. The van der Waals surface area contributed by atoms with E-state index in [0.29, 0.717) is 29.1 Å². The molecule has 0 atom stereocenters. The minimum absolute atomic E-state index is 0.0268. The van der Waals surface area contributed by atoms with Crippen LogP contribution in [0.25, 0.3) is 0 Å². The topological polar surface area (TPSA) is 124 Å². The second-order valence-electron chi connectivity index (χ2n) is 6.97. The minimum atomic E-state index is -3.76. The van der Waals surface area contributed by atoms with Gasteiger partial charge in [0.15, 0.2) is 12.4 Å². The summed E-state index contributed by atoms with van der Waals surface area (Å²) in [5.74, 6) is 1.36. The summed E-state index contributed by atoms with van der Waals surface area (Å²) in [6, 6.07) is 4.38. The number of sulfonamides is 1. The average Bonchev–Trinajstić information content (AvgIpc) is 3.10. The SMILES string of the molecule is COCCNS(=O)(=O)c1ccc2c(c1)N(Cc1noc(C3CCC3)n1)C(=O)CO2. The fraction of sp³-hybridized carbons (Fsp3) is 0.500. The maximum absolute atomic E-state index is 12.5. The van der Waals surface area contributed by atoms with Crippen molar-refractivity contribution in [3.8, 4) is 5.75 Å². The Balaban J connectivity index is 1.58. The number of hydrogen-bond acceptors (Lipinski definition) is 8. The van der Waals surface area contributed by atoms with E-state index in [0.717, 1.165) is 19.3 Å². The summed E-state index contributed by atoms with van der Waals surface area (Å²) in [6.45, 7) is 0.325. The van der Waals surface area contributed by atoms with Crippen LogP contribution in [0.4, 0.5) is 5.69 Å². The number of ether oxygens (including phenoxy) is 2. The van der Waals surface area contributed by atoms with Gasteiger partial charge in [-0.25, -0.2) is 13.1 Å². The number of carbonyl (C=O) groups excluding carboxylic acids is 1. The number of carbonyl (C=O) groups is 1. The fourth-order valence-electron chi connectivity index (χ4n) is 3.18. The maximum Gasteiger partial charge on any atom is 0.265 e. The van der Waals surface area contributed by atoms with E-state index >= 15 is 0 Å². The van der Waals surface area contributed by atoms with Gasteiger partial charge in [0.25, 0.3) is 5.91 Å². The fourth-order valence-corrected chi connectivity index (χ4v) is 4.21. The third-order valence-electron chi connectivity index (χ3n) is 5.02. The van der Waals surface area contributed by atoms with Crippen LogP contribution < -0.4 is 14.4 Å². The van der Waals surface area contributed by atoms with Crippen LogP contribution >= 0.6 is 0 Å². The van der Waals surface area contributed by atoms with Crippen LogP contribution in [0.3, 0.4) is 0 Å². The zero-order valence-electron chi connectivity index (χ0n) is 16.0. The molecule has 1 aromatic heterocycles. The quantitative estimate of drug-likeness (QED) is 0.629. The zero-order valence-corrected chi connectivity index (χ0v) is 16.8. The van der Waals surface area contributed by atoms with E-state index in [1.54, 1.807) is 0 Å². The van der Waals surface area contributed by atoms with Gasteiger partial charge in [-0.15, -0.1) is 0 Å². The number of hydrogen-bond donors (Lipinski definition) is 1. The molecule has 2 aromatic rings. The molecule has 1 aliphatic heterocycles. The Hall–Kier alpha value is -2.50. The van der Waals surface area contributed by atoms with Crippen molar-refractivity contribution in [3.63, 3.8) is 0 Å². The molecule has 2 heterocycles. The van der Waals surface area contributed by atoms with Crippen LogP contribution in [0.15, 0.2) is 27.6 Å². The van der Waals surface area contributed by atoms with E-state index in [4.69, 9.17) is 14.0 Å². The summed E-state index contributed by atoms with van der Waals surface area (Å²) >= 11 is 0. The monoisotopic (exact) mass is 422 g/mol. The van der Waals surface area contributed by atoms with Crippen molar-refractivity contribution < 1.29 is 27.2 Å². The van der Waals surface area contributed by atoms with Gasteiger partial charge < -0.3 is 14.0 Å². The third kappa shape index (κ3) is 4.11. The van der Waals surface area contributed by atoms with Gasteiger partial charge in [-0.3, -0.25) is 9.69 Å². The Bertz CT molecular complexity index is 1000. The molecule has 1 N–H and O–H groups in total. The number of aromatic nitrogens is 2. The zero-order chi connectivity index (χ0) is 20.4. The molecular weight excluding hydrogens is 400 g/mol. The van der Waals surface area contributed by atoms with Crippen LogP contribution in [0.2, 0.25) is 0 Å². The molecule has 156 valence electrons. The van der Waals surface area contributed by atoms with Crippen LogP contribution in [0.5, 0.6) is 5.75 Å². The van der Waals surface area contributed by atoms with E-state index in [-0.39, 0.29) is 37.1 Å². The lowest BCUT2D eigenvalue weighted by Gasteiger charge is -2.28. The summed E-state index contributed by atoms with van der Waals surface area (Å²) in [7, 11) is -2.27. The highest BCUT2D eigenvalue weighted by atomic mass is 32.2. The lowest BCUT2D eigenvalue weighted by Crippen LogP contribution is -2.38. The molecule has 1 aliphatic carbocycles. The van der Waals surface area contributed by atoms with E-state index < -0.39 is 10.0 Å². The number of rotatable bonds is 8. The van der Waals surface area contributed by atoms with Crippen LogP contribution in [-0.2, 0) is 26.1 Å². The predicted molar refractivity (Wildman–Crippen MR) is 101 cm³/mol. The van der Waals surface area contributed by atoms with Crippen molar-refractivity contribution in [2.24, 2.45) is 0 Å². The normalized spacial score (nSPS) is 17.0. The largest absolute Gasteiger partial charge is 0.482 e. The van der Waals surface area contributed by atoms with Crippen molar-refractivity contribution in [2.45, 2.75) is 36.6 Å². The smallest absolute Gasteiger partial charge is 0.265 e. The summed E-state index contributed by atoms with van der Waals surface area (Å²) in [4.78, 5) is 18.3. The Kier molecular flexibility index (Phi) is 5.52. The second kappa shape index (κ2) is 8.09. The van der Waals surface area contributed by atoms with Gasteiger partial charge in [0.1, 0.15) is 5.75 Å². The highest BCUT2D eigenvalue weighted by Gasteiger charge is 2.30. The second-order valence-corrected chi connectivity index (χ2v) is 8.73. The molecule has 29 heavy (non-hydrogen) atoms. The average molecular weight is 422 g/mol. The molecular formula is C18H22N4O6S. The molecule has 0 unspecified atom stereocenters. The molecule has 11 heteroatoms. The van der Waals surface area contributed by atoms with Gasteiger partial charge in [0.2, 0.25) is 15.9 Å². The number of nitrogens with one attached hydrogen (secondary N) is 1. The lowest BCUT2D eigenvalue weighted by atomic mass is 9.85. The highest BCUT2D eigenvalue weighted by molar-refractivity contribution is 7.89. The molecule has 0 bridgehead atoms. The predicted octanol–water partition coefficient (Wildman–Crippen LogP) is 1.19. The van der Waals surface area contributed by atoms with Crippen LogP contribution in [-0.4, -0.2) is 51.3 Å². The summed E-state index contributed by atoms with van der Waals surface area (Å²) in [5.41, 5.74) is 0.353. The lowest BCUT2D eigenvalue weighted by molar-refractivity contribution is -0.121. The summed E-state index contributed by atoms with van der Waals surface area (Å²) in [5, 5.41) is 3.98. The molecule has 1 amide bonds. The Morgan fingerprint density at radius 2 is 2.17 bits per heavy atom.